The average Bonchev–Trinajstić information content (AvgIpc) is 2.57. The van der Waals surface area contributed by atoms with E-state index in [1.165, 1.54) is 5.56 Å². The van der Waals surface area contributed by atoms with Crippen LogP contribution in [0.25, 0.3) is 0 Å². The van der Waals surface area contributed by atoms with Gasteiger partial charge in [0.2, 0.25) is 0 Å². The second-order valence-corrected chi connectivity index (χ2v) is 6.22. The molecule has 2 aromatic carbocycles. The highest BCUT2D eigenvalue weighted by Gasteiger charge is 2.17. The van der Waals surface area contributed by atoms with E-state index < -0.39 is 0 Å². The van der Waals surface area contributed by atoms with E-state index in [1.807, 2.05) is 32.0 Å². The van der Waals surface area contributed by atoms with Gasteiger partial charge in [0, 0.05) is 5.92 Å². The summed E-state index contributed by atoms with van der Waals surface area (Å²) < 4.78 is 11.3. The van der Waals surface area contributed by atoms with Crippen molar-refractivity contribution in [1.82, 2.24) is 0 Å². The molecule has 0 amide bonds. The molecule has 24 heavy (non-hydrogen) atoms. The highest BCUT2D eigenvalue weighted by molar-refractivity contribution is 6.32. The Morgan fingerprint density at radius 3 is 2.29 bits per heavy atom. The summed E-state index contributed by atoms with van der Waals surface area (Å²) in [6.07, 6.45) is 0.812. The molecule has 3 nitrogen and oxygen atoms in total. The van der Waals surface area contributed by atoms with E-state index in [-0.39, 0.29) is 5.92 Å². The van der Waals surface area contributed by atoms with E-state index in [4.69, 9.17) is 26.8 Å². The monoisotopic (exact) mass is 347 g/mol. The Labute approximate surface area is 149 Å². The summed E-state index contributed by atoms with van der Waals surface area (Å²) >= 11 is 6.31. The highest BCUT2D eigenvalue weighted by atomic mass is 35.5. The normalized spacial score (nSPS) is 12.0. The van der Waals surface area contributed by atoms with Gasteiger partial charge in [-0.25, -0.2) is 0 Å². The van der Waals surface area contributed by atoms with Gasteiger partial charge in [-0.2, -0.15) is 0 Å². The summed E-state index contributed by atoms with van der Waals surface area (Å²) in [7, 11) is 0. The molecule has 0 aliphatic carbocycles. The first-order valence-electron chi connectivity index (χ1n) is 8.43. The molecule has 0 saturated carbocycles. The van der Waals surface area contributed by atoms with Crippen LogP contribution in [0.1, 0.15) is 36.5 Å². The van der Waals surface area contributed by atoms with Crippen LogP contribution in [-0.2, 0) is 6.42 Å². The molecule has 1 unspecified atom stereocenters. The summed E-state index contributed by atoms with van der Waals surface area (Å²) in [6, 6.07) is 12.2. The molecule has 0 heterocycles. The van der Waals surface area contributed by atoms with Crippen molar-refractivity contribution in [3.05, 3.63) is 58.1 Å². The maximum atomic E-state index is 6.31. The van der Waals surface area contributed by atoms with Crippen LogP contribution in [0.4, 0.5) is 0 Å². The SMILES string of the molecule is CCOc1ccc(CC(CN)c2cc(C)ccc2OCC)cc1Cl. The van der Waals surface area contributed by atoms with Gasteiger partial charge in [-0.05, 0) is 63.1 Å². The first kappa shape index (κ1) is 18.6. The number of rotatable bonds is 8. The number of halogens is 1. The summed E-state index contributed by atoms with van der Waals surface area (Å²) in [5.41, 5.74) is 9.57. The van der Waals surface area contributed by atoms with Gasteiger partial charge in [-0.3, -0.25) is 0 Å². The largest absolute Gasteiger partial charge is 0.494 e. The second-order valence-electron chi connectivity index (χ2n) is 5.81. The Bertz CT molecular complexity index is 673. The van der Waals surface area contributed by atoms with E-state index in [9.17, 15) is 0 Å². The van der Waals surface area contributed by atoms with Gasteiger partial charge in [-0.1, -0.05) is 35.4 Å². The Kier molecular flexibility index (Phi) is 6.95. The number of hydrogen-bond acceptors (Lipinski definition) is 3. The molecule has 0 spiro atoms. The molecule has 0 aliphatic heterocycles. The minimum absolute atomic E-state index is 0.181. The molecule has 4 heteroatoms. The third-order valence-corrected chi connectivity index (χ3v) is 4.26. The molecule has 2 aromatic rings. The predicted octanol–water partition coefficient (Wildman–Crippen LogP) is 4.73. The van der Waals surface area contributed by atoms with E-state index in [1.54, 1.807) is 0 Å². The molecule has 130 valence electrons. The van der Waals surface area contributed by atoms with Gasteiger partial charge in [0.1, 0.15) is 11.5 Å². The van der Waals surface area contributed by atoms with Crippen LogP contribution in [0, 0.1) is 6.92 Å². The standard InChI is InChI=1S/C20H26ClNO2/c1-4-23-19-8-6-14(3)10-17(19)16(13-22)11-15-7-9-20(24-5-2)18(21)12-15/h6-10,12,16H,4-5,11,13,22H2,1-3H3. The maximum Gasteiger partial charge on any atom is 0.137 e. The molecule has 1 atom stereocenters. The van der Waals surface area contributed by atoms with Gasteiger partial charge in [0.25, 0.3) is 0 Å². The Morgan fingerprint density at radius 1 is 1.00 bits per heavy atom. The van der Waals surface area contributed by atoms with Crippen LogP contribution in [0.2, 0.25) is 5.02 Å². The first-order chi connectivity index (χ1) is 11.6. The van der Waals surface area contributed by atoms with Crippen LogP contribution in [0.3, 0.4) is 0 Å². The van der Waals surface area contributed by atoms with E-state index in [0.717, 1.165) is 29.0 Å². The number of ether oxygens (including phenoxy) is 2. The molecular weight excluding hydrogens is 322 g/mol. The van der Waals surface area contributed by atoms with Crippen molar-refractivity contribution in [3.8, 4) is 11.5 Å². The molecule has 0 aliphatic rings. The molecule has 2 rings (SSSR count). The fourth-order valence-corrected chi connectivity index (χ4v) is 3.08. The molecule has 0 aromatic heterocycles. The Balaban J connectivity index is 2.26. The quantitative estimate of drug-likeness (QED) is 0.750. The minimum Gasteiger partial charge on any atom is -0.494 e. The summed E-state index contributed by atoms with van der Waals surface area (Å²) in [4.78, 5) is 0. The lowest BCUT2D eigenvalue weighted by Gasteiger charge is -2.20. The third kappa shape index (κ3) is 4.65. The second kappa shape index (κ2) is 8.95. The number of nitrogens with two attached hydrogens (primary N) is 1. The lowest BCUT2D eigenvalue weighted by molar-refractivity contribution is 0.334. The van der Waals surface area contributed by atoms with Gasteiger partial charge in [0.05, 0.1) is 18.2 Å². The molecule has 0 saturated heterocycles. The number of hydrogen-bond donors (Lipinski definition) is 1. The molecular formula is C20H26ClNO2. The van der Waals surface area contributed by atoms with Crippen LogP contribution >= 0.6 is 11.6 Å². The minimum atomic E-state index is 0.181. The van der Waals surface area contributed by atoms with Crippen molar-refractivity contribution >= 4 is 11.6 Å². The van der Waals surface area contributed by atoms with E-state index in [0.29, 0.717) is 24.8 Å². The lowest BCUT2D eigenvalue weighted by Crippen LogP contribution is -2.16. The van der Waals surface area contributed by atoms with Crippen LogP contribution in [-0.4, -0.2) is 19.8 Å². The summed E-state index contributed by atoms with van der Waals surface area (Å²) in [5.74, 6) is 1.81. The smallest absolute Gasteiger partial charge is 0.137 e. The van der Waals surface area contributed by atoms with Gasteiger partial charge in [-0.15, -0.1) is 0 Å². The van der Waals surface area contributed by atoms with Crippen molar-refractivity contribution in [2.45, 2.75) is 33.1 Å². The first-order valence-corrected chi connectivity index (χ1v) is 8.81. The average molecular weight is 348 g/mol. The fourth-order valence-electron chi connectivity index (χ4n) is 2.82. The third-order valence-electron chi connectivity index (χ3n) is 3.97. The van der Waals surface area contributed by atoms with Crippen molar-refractivity contribution in [3.63, 3.8) is 0 Å². The zero-order valence-electron chi connectivity index (χ0n) is 14.6. The van der Waals surface area contributed by atoms with Crippen molar-refractivity contribution in [1.29, 1.82) is 0 Å². The Hall–Kier alpha value is -1.71. The van der Waals surface area contributed by atoms with Gasteiger partial charge >= 0.3 is 0 Å². The summed E-state index contributed by atoms with van der Waals surface area (Å²) in [5, 5.41) is 0.638. The number of benzene rings is 2. The topological polar surface area (TPSA) is 44.5 Å². The van der Waals surface area contributed by atoms with Gasteiger partial charge < -0.3 is 15.2 Å². The van der Waals surface area contributed by atoms with Gasteiger partial charge in [0.15, 0.2) is 0 Å². The summed E-state index contributed by atoms with van der Waals surface area (Å²) in [6.45, 7) is 7.82. The van der Waals surface area contributed by atoms with E-state index >= 15 is 0 Å². The van der Waals surface area contributed by atoms with E-state index in [2.05, 4.69) is 25.1 Å². The predicted molar refractivity (Wildman–Crippen MR) is 100 cm³/mol. The van der Waals surface area contributed by atoms with Crippen molar-refractivity contribution in [2.24, 2.45) is 5.73 Å². The molecule has 0 bridgehead atoms. The molecule has 0 radical (unpaired) electrons. The van der Waals surface area contributed by atoms with Crippen molar-refractivity contribution < 1.29 is 9.47 Å². The highest BCUT2D eigenvalue weighted by Crippen LogP contribution is 2.32. The molecule has 2 N–H and O–H groups in total. The van der Waals surface area contributed by atoms with Crippen LogP contribution in [0.5, 0.6) is 11.5 Å². The lowest BCUT2D eigenvalue weighted by atomic mass is 9.90. The number of aryl methyl sites for hydroxylation is 1. The van der Waals surface area contributed by atoms with Crippen molar-refractivity contribution in [2.75, 3.05) is 19.8 Å². The fraction of sp³-hybridized carbons (Fsp3) is 0.400. The van der Waals surface area contributed by atoms with Crippen LogP contribution < -0.4 is 15.2 Å². The Morgan fingerprint density at radius 2 is 1.67 bits per heavy atom. The maximum absolute atomic E-state index is 6.31. The zero-order valence-corrected chi connectivity index (χ0v) is 15.4. The zero-order chi connectivity index (χ0) is 17.5. The van der Waals surface area contributed by atoms with Crippen LogP contribution in [0.15, 0.2) is 36.4 Å². The molecule has 0 fully saturated rings.